The lowest BCUT2D eigenvalue weighted by Crippen LogP contribution is -2.40. The third kappa shape index (κ3) is 5.20. The fraction of sp³-hybridized carbons (Fsp3) is 0.636. The minimum Gasteiger partial charge on any atom is -0.354 e. The van der Waals surface area contributed by atoms with E-state index in [4.69, 9.17) is 0 Å². The highest BCUT2D eigenvalue weighted by molar-refractivity contribution is 5.86. The Kier molecular flexibility index (Phi) is 5.67. The molecular formula is C11H20N2O2. The van der Waals surface area contributed by atoms with Gasteiger partial charge in [0.1, 0.15) is 0 Å². The normalized spacial score (nSPS) is 10.6. The maximum Gasteiger partial charge on any atom is 0.243 e. The molecule has 0 aromatic heterocycles. The second-order valence-electron chi connectivity index (χ2n) is 3.99. The van der Waals surface area contributed by atoms with Crippen LogP contribution in [0.1, 0.15) is 27.2 Å². The monoisotopic (exact) mass is 212 g/mol. The summed E-state index contributed by atoms with van der Waals surface area (Å²) in [5, 5.41) is 5.35. The van der Waals surface area contributed by atoms with E-state index in [9.17, 15) is 9.59 Å². The molecule has 0 aliphatic carbocycles. The molecule has 0 spiro atoms. The molecule has 0 rings (SSSR count). The number of carbonyl (C=O) groups excluding carboxylic acids is 2. The predicted octanol–water partition coefficient (Wildman–Crippen LogP) is 0.841. The van der Waals surface area contributed by atoms with Gasteiger partial charge in [0.2, 0.25) is 11.8 Å². The summed E-state index contributed by atoms with van der Waals surface area (Å²) < 4.78 is 0. The van der Waals surface area contributed by atoms with E-state index >= 15 is 0 Å². The molecule has 0 bridgehead atoms. The minimum absolute atomic E-state index is 0.0119. The molecule has 4 heteroatoms. The minimum atomic E-state index is -0.345. The van der Waals surface area contributed by atoms with Gasteiger partial charge >= 0.3 is 0 Å². The van der Waals surface area contributed by atoms with Crippen LogP contribution in [0.5, 0.6) is 0 Å². The van der Waals surface area contributed by atoms with Crippen LogP contribution in [-0.4, -0.2) is 24.9 Å². The van der Waals surface area contributed by atoms with Gasteiger partial charge in [0.05, 0.1) is 0 Å². The third-order valence-electron chi connectivity index (χ3n) is 2.39. The van der Waals surface area contributed by atoms with E-state index in [0.717, 1.165) is 6.42 Å². The molecule has 0 atom stereocenters. The van der Waals surface area contributed by atoms with Gasteiger partial charge in [-0.05, 0) is 12.5 Å². The van der Waals surface area contributed by atoms with Crippen molar-refractivity contribution >= 4 is 11.8 Å². The van der Waals surface area contributed by atoms with E-state index in [-0.39, 0.29) is 17.2 Å². The topological polar surface area (TPSA) is 58.2 Å². The quantitative estimate of drug-likeness (QED) is 0.506. The lowest BCUT2D eigenvalue weighted by Gasteiger charge is -2.21. The van der Waals surface area contributed by atoms with E-state index in [0.29, 0.717) is 13.1 Å². The van der Waals surface area contributed by atoms with Crippen molar-refractivity contribution in [2.45, 2.75) is 27.2 Å². The highest BCUT2D eigenvalue weighted by Gasteiger charge is 2.24. The van der Waals surface area contributed by atoms with Crippen molar-refractivity contribution in [1.29, 1.82) is 0 Å². The molecule has 0 aromatic carbocycles. The zero-order valence-corrected chi connectivity index (χ0v) is 9.72. The summed E-state index contributed by atoms with van der Waals surface area (Å²) in [6.07, 6.45) is 2.00. The van der Waals surface area contributed by atoms with Gasteiger partial charge in [-0.1, -0.05) is 27.4 Å². The Morgan fingerprint density at radius 1 is 1.27 bits per heavy atom. The van der Waals surface area contributed by atoms with E-state index in [1.165, 1.54) is 6.08 Å². The highest BCUT2D eigenvalue weighted by atomic mass is 16.2. The summed E-state index contributed by atoms with van der Waals surface area (Å²) in [6.45, 7) is 9.96. The average Bonchev–Trinajstić information content (AvgIpc) is 2.23. The van der Waals surface area contributed by atoms with E-state index in [2.05, 4.69) is 17.2 Å². The summed E-state index contributed by atoms with van der Waals surface area (Å²) >= 11 is 0. The van der Waals surface area contributed by atoms with Crippen molar-refractivity contribution < 1.29 is 9.59 Å². The molecule has 86 valence electrons. The van der Waals surface area contributed by atoms with Crippen LogP contribution < -0.4 is 10.6 Å². The maximum absolute atomic E-state index is 11.6. The summed E-state index contributed by atoms with van der Waals surface area (Å²) in [7, 11) is 0. The van der Waals surface area contributed by atoms with Gasteiger partial charge in [-0.15, -0.1) is 0 Å². The Bertz CT molecular complexity index is 247. The smallest absolute Gasteiger partial charge is 0.243 e. The summed E-state index contributed by atoms with van der Waals surface area (Å²) in [5.41, 5.74) is -0.345. The molecule has 4 nitrogen and oxygen atoms in total. The average molecular weight is 212 g/mol. The molecule has 0 radical (unpaired) electrons. The van der Waals surface area contributed by atoms with E-state index in [1.807, 2.05) is 20.8 Å². The van der Waals surface area contributed by atoms with Crippen molar-refractivity contribution in [2.24, 2.45) is 5.41 Å². The molecule has 15 heavy (non-hydrogen) atoms. The molecule has 0 unspecified atom stereocenters. The molecule has 0 fully saturated rings. The fourth-order valence-electron chi connectivity index (χ4n) is 0.834. The first kappa shape index (κ1) is 13.7. The zero-order chi connectivity index (χ0) is 11.9. The molecule has 2 N–H and O–H groups in total. The highest BCUT2D eigenvalue weighted by Crippen LogP contribution is 2.18. The van der Waals surface area contributed by atoms with Crippen LogP contribution in [0.15, 0.2) is 12.7 Å². The lowest BCUT2D eigenvalue weighted by atomic mass is 9.89. The SMILES string of the molecule is C=CC(=O)NCCNC(=O)C(C)(C)CC. The largest absolute Gasteiger partial charge is 0.354 e. The zero-order valence-electron chi connectivity index (χ0n) is 9.72. The lowest BCUT2D eigenvalue weighted by molar-refractivity contribution is -0.129. The van der Waals surface area contributed by atoms with Gasteiger partial charge in [0.25, 0.3) is 0 Å². The Morgan fingerprint density at radius 2 is 1.80 bits per heavy atom. The van der Waals surface area contributed by atoms with Crippen LogP contribution >= 0.6 is 0 Å². The molecule has 0 aromatic rings. The summed E-state index contributed by atoms with van der Waals surface area (Å²) in [5.74, 6) is -0.211. The standard InChI is InChI=1S/C11H20N2O2/c1-5-9(14)12-7-8-13-10(15)11(3,4)6-2/h5H,1,6-8H2,2-4H3,(H,12,14)(H,13,15). The van der Waals surface area contributed by atoms with Crippen molar-refractivity contribution in [3.63, 3.8) is 0 Å². The van der Waals surface area contributed by atoms with Gasteiger partial charge < -0.3 is 10.6 Å². The first-order chi connectivity index (χ1) is 6.94. The number of amides is 2. The predicted molar refractivity (Wildman–Crippen MR) is 60.3 cm³/mol. The van der Waals surface area contributed by atoms with Crippen molar-refractivity contribution in [3.8, 4) is 0 Å². The van der Waals surface area contributed by atoms with Crippen LogP contribution in [0.2, 0.25) is 0 Å². The van der Waals surface area contributed by atoms with Crippen LogP contribution in [0, 0.1) is 5.41 Å². The third-order valence-corrected chi connectivity index (χ3v) is 2.39. The van der Waals surface area contributed by atoms with Crippen LogP contribution in [0.3, 0.4) is 0 Å². The van der Waals surface area contributed by atoms with Gasteiger partial charge in [-0.25, -0.2) is 0 Å². The number of hydrogen-bond donors (Lipinski definition) is 2. The molecule has 0 saturated carbocycles. The van der Waals surface area contributed by atoms with Crippen LogP contribution in [0.4, 0.5) is 0 Å². The van der Waals surface area contributed by atoms with E-state index in [1.54, 1.807) is 0 Å². The summed E-state index contributed by atoms with van der Waals surface area (Å²) in [4.78, 5) is 22.3. The van der Waals surface area contributed by atoms with Crippen molar-refractivity contribution in [1.82, 2.24) is 10.6 Å². The van der Waals surface area contributed by atoms with Gasteiger partial charge in [-0.2, -0.15) is 0 Å². The van der Waals surface area contributed by atoms with Gasteiger partial charge in [0.15, 0.2) is 0 Å². The summed E-state index contributed by atoms with van der Waals surface area (Å²) in [6, 6.07) is 0. The Morgan fingerprint density at radius 3 is 2.27 bits per heavy atom. The Hall–Kier alpha value is -1.32. The van der Waals surface area contributed by atoms with Crippen molar-refractivity contribution in [2.75, 3.05) is 13.1 Å². The first-order valence-electron chi connectivity index (χ1n) is 5.12. The number of carbonyl (C=O) groups is 2. The molecule has 2 amide bonds. The molecule has 0 aliphatic rings. The molecule has 0 heterocycles. The number of rotatable bonds is 6. The maximum atomic E-state index is 11.6. The van der Waals surface area contributed by atoms with Gasteiger partial charge in [-0.3, -0.25) is 9.59 Å². The Balaban J connectivity index is 3.73. The van der Waals surface area contributed by atoms with Gasteiger partial charge in [0, 0.05) is 18.5 Å². The fourth-order valence-corrected chi connectivity index (χ4v) is 0.834. The van der Waals surface area contributed by atoms with Crippen LogP contribution in [0.25, 0.3) is 0 Å². The second kappa shape index (κ2) is 6.22. The first-order valence-corrected chi connectivity index (χ1v) is 5.12. The molecular weight excluding hydrogens is 192 g/mol. The molecule has 0 saturated heterocycles. The molecule has 0 aliphatic heterocycles. The second-order valence-corrected chi connectivity index (χ2v) is 3.99. The number of nitrogens with one attached hydrogen (secondary N) is 2. The Labute approximate surface area is 91.1 Å². The van der Waals surface area contributed by atoms with Crippen molar-refractivity contribution in [3.05, 3.63) is 12.7 Å². The number of hydrogen-bond acceptors (Lipinski definition) is 2. The van der Waals surface area contributed by atoms with E-state index < -0.39 is 0 Å². The van der Waals surface area contributed by atoms with Crippen LogP contribution in [-0.2, 0) is 9.59 Å².